The molecule has 0 saturated carbocycles. The van der Waals surface area contributed by atoms with Crippen molar-refractivity contribution in [3.05, 3.63) is 42.0 Å². The van der Waals surface area contributed by atoms with Crippen molar-refractivity contribution in [1.82, 2.24) is 0 Å². The number of para-hydroxylation sites is 1. The van der Waals surface area contributed by atoms with E-state index < -0.39 is 0 Å². The van der Waals surface area contributed by atoms with Gasteiger partial charge in [0.25, 0.3) is 0 Å². The first-order chi connectivity index (χ1) is 9.90. The van der Waals surface area contributed by atoms with Gasteiger partial charge in [-0.1, -0.05) is 56.5 Å². The van der Waals surface area contributed by atoms with Crippen molar-refractivity contribution < 1.29 is 9.47 Å². The molecule has 1 heterocycles. The molecule has 0 aliphatic carbocycles. The average molecular weight is 274 g/mol. The van der Waals surface area contributed by atoms with E-state index in [1.54, 1.807) is 0 Å². The number of hydrogen-bond donors (Lipinski definition) is 0. The topological polar surface area (TPSA) is 21.8 Å². The first-order valence-electron chi connectivity index (χ1n) is 7.87. The summed E-state index contributed by atoms with van der Waals surface area (Å²) in [4.78, 5) is 0. The molecule has 1 saturated heterocycles. The van der Waals surface area contributed by atoms with Crippen LogP contribution in [0.2, 0.25) is 0 Å². The SMILES string of the molecule is CCCCCC/C=C/Cc1ccccc1OCC1CO1. The van der Waals surface area contributed by atoms with Gasteiger partial charge in [-0.15, -0.1) is 0 Å². The first-order valence-corrected chi connectivity index (χ1v) is 7.87. The molecule has 110 valence electrons. The first kappa shape index (κ1) is 15.1. The third-order valence-electron chi connectivity index (χ3n) is 3.53. The second-order valence-corrected chi connectivity index (χ2v) is 5.40. The Bertz CT molecular complexity index is 408. The van der Waals surface area contributed by atoms with E-state index in [-0.39, 0.29) is 0 Å². The van der Waals surface area contributed by atoms with E-state index in [0.717, 1.165) is 18.8 Å². The van der Waals surface area contributed by atoms with E-state index in [1.807, 2.05) is 12.1 Å². The molecule has 1 aliphatic rings. The van der Waals surface area contributed by atoms with Gasteiger partial charge in [-0.2, -0.15) is 0 Å². The average Bonchev–Trinajstić information content (AvgIpc) is 3.29. The predicted molar refractivity (Wildman–Crippen MR) is 83.3 cm³/mol. The molecule has 20 heavy (non-hydrogen) atoms. The highest BCUT2D eigenvalue weighted by molar-refractivity contribution is 5.34. The van der Waals surface area contributed by atoms with Crippen LogP contribution in [0.15, 0.2) is 36.4 Å². The fourth-order valence-electron chi connectivity index (χ4n) is 2.18. The van der Waals surface area contributed by atoms with E-state index in [2.05, 4.69) is 31.2 Å². The van der Waals surface area contributed by atoms with E-state index >= 15 is 0 Å². The van der Waals surface area contributed by atoms with Gasteiger partial charge < -0.3 is 9.47 Å². The molecule has 1 aliphatic heterocycles. The highest BCUT2D eigenvalue weighted by atomic mass is 16.6. The molecule has 1 fully saturated rings. The Kier molecular flexibility index (Phi) is 6.65. The second kappa shape index (κ2) is 8.80. The summed E-state index contributed by atoms with van der Waals surface area (Å²) in [7, 11) is 0. The molecule has 2 rings (SSSR count). The number of unbranched alkanes of at least 4 members (excludes halogenated alkanes) is 4. The van der Waals surface area contributed by atoms with Crippen molar-refractivity contribution in [3.63, 3.8) is 0 Å². The van der Waals surface area contributed by atoms with Crippen molar-refractivity contribution in [3.8, 4) is 5.75 Å². The largest absolute Gasteiger partial charge is 0.490 e. The van der Waals surface area contributed by atoms with Crippen LogP contribution >= 0.6 is 0 Å². The quantitative estimate of drug-likeness (QED) is 0.355. The van der Waals surface area contributed by atoms with Crippen LogP contribution in [-0.2, 0) is 11.2 Å². The fraction of sp³-hybridized carbons (Fsp3) is 0.556. The Hall–Kier alpha value is -1.28. The molecule has 0 amide bonds. The van der Waals surface area contributed by atoms with Crippen LogP contribution in [0.1, 0.15) is 44.6 Å². The molecule has 2 heteroatoms. The van der Waals surface area contributed by atoms with Gasteiger partial charge >= 0.3 is 0 Å². The maximum atomic E-state index is 5.81. The van der Waals surface area contributed by atoms with Gasteiger partial charge in [0.1, 0.15) is 18.5 Å². The fourth-order valence-corrected chi connectivity index (χ4v) is 2.18. The van der Waals surface area contributed by atoms with Crippen LogP contribution in [0.5, 0.6) is 5.75 Å². The van der Waals surface area contributed by atoms with Crippen molar-refractivity contribution in [1.29, 1.82) is 0 Å². The maximum absolute atomic E-state index is 5.81. The molecule has 0 spiro atoms. The summed E-state index contributed by atoms with van der Waals surface area (Å²) in [5.74, 6) is 0.999. The lowest BCUT2D eigenvalue weighted by Crippen LogP contribution is -2.05. The Morgan fingerprint density at radius 3 is 2.85 bits per heavy atom. The van der Waals surface area contributed by atoms with Gasteiger partial charge in [0.2, 0.25) is 0 Å². The zero-order valence-electron chi connectivity index (χ0n) is 12.5. The summed E-state index contributed by atoms with van der Waals surface area (Å²) in [5.41, 5.74) is 1.26. The third-order valence-corrected chi connectivity index (χ3v) is 3.53. The third kappa shape index (κ3) is 5.79. The molecule has 0 N–H and O–H groups in total. The molecule has 0 radical (unpaired) electrons. The minimum Gasteiger partial charge on any atom is -0.490 e. The summed E-state index contributed by atoms with van der Waals surface area (Å²) in [6.07, 6.45) is 12.3. The summed E-state index contributed by atoms with van der Waals surface area (Å²) >= 11 is 0. The van der Waals surface area contributed by atoms with Crippen LogP contribution in [0.4, 0.5) is 0 Å². The summed E-state index contributed by atoms with van der Waals surface area (Å²) in [6.45, 7) is 3.77. The molecule has 1 unspecified atom stereocenters. The van der Waals surface area contributed by atoms with Crippen molar-refractivity contribution >= 4 is 0 Å². The minimum absolute atomic E-state index is 0.317. The molecular formula is C18H26O2. The maximum Gasteiger partial charge on any atom is 0.122 e. The number of hydrogen-bond acceptors (Lipinski definition) is 2. The lowest BCUT2D eigenvalue weighted by atomic mass is 10.1. The van der Waals surface area contributed by atoms with Crippen LogP contribution in [0, 0.1) is 0 Å². The highest BCUT2D eigenvalue weighted by Crippen LogP contribution is 2.21. The Morgan fingerprint density at radius 2 is 2.05 bits per heavy atom. The lowest BCUT2D eigenvalue weighted by Gasteiger charge is -2.08. The number of epoxide rings is 1. The van der Waals surface area contributed by atoms with E-state index in [1.165, 1.54) is 37.7 Å². The van der Waals surface area contributed by atoms with Crippen LogP contribution in [-0.4, -0.2) is 19.3 Å². The lowest BCUT2D eigenvalue weighted by molar-refractivity contribution is 0.261. The Balaban J connectivity index is 1.71. The van der Waals surface area contributed by atoms with E-state index in [9.17, 15) is 0 Å². The number of allylic oxidation sites excluding steroid dienone is 2. The van der Waals surface area contributed by atoms with Crippen molar-refractivity contribution in [2.24, 2.45) is 0 Å². The monoisotopic (exact) mass is 274 g/mol. The summed E-state index contributed by atoms with van der Waals surface area (Å²) in [5, 5.41) is 0. The molecular weight excluding hydrogens is 248 g/mol. The second-order valence-electron chi connectivity index (χ2n) is 5.40. The number of ether oxygens (including phenoxy) is 2. The number of benzene rings is 1. The number of rotatable bonds is 10. The van der Waals surface area contributed by atoms with Gasteiger partial charge in [0, 0.05) is 0 Å². The summed E-state index contributed by atoms with van der Waals surface area (Å²) < 4.78 is 11.0. The predicted octanol–water partition coefficient (Wildman–Crippen LogP) is 4.53. The van der Waals surface area contributed by atoms with Gasteiger partial charge in [-0.05, 0) is 30.9 Å². The zero-order valence-corrected chi connectivity index (χ0v) is 12.5. The van der Waals surface area contributed by atoms with Crippen molar-refractivity contribution in [2.45, 2.75) is 51.6 Å². The molecule has 1 aromatic carbocycles. The van der Waals surface area contributed by atoms with Crippen LogP contribution in [0.3, 0.4) is 0 Å². The van der Waals surface area contributed by atoms with Gasteiger partial charge in [0.15, 0.2) is 0 Å². The molecule has 1 aromatic rings. The van der Waals surface area contributed by atoms with Gasteiger partial charge in [-0.25, -0.2) is 0 Å². The minimum atomic E-state index is 0.317. The molecule has 0 bridgehead atoms. The van der Waals surface area contributed by atoms with Gasteiger partial charge in [-0.3, -0.25) is 0 Å². The normalized spacial score (nSPS) is 17.6. The summed E-state index contributed by atoms with van der Waals surface area (Å²) in [6, 6.07) is 8.29. The highest BCUT2D eigenvalue weighted by Gasteiger charge is 2.23. The van der Waals surface area contributed by atoms with E-state index in [0.29, 0.717) is 12.7 Å². The molecule has 1 atom stereocenters. The standard InChI is InChI=1S/C18H26O2/c1-2-3-4-5-6-7-8-11-16-12-9-10-13-18(16)20-15-17-14-19-17/h7-10,12-13,17H,2-6,11,14-15H2,1H3/b8-7+. The molecule has 2 nitrogen and oxygen atoms in total. The molecule has 0 aromatic heterocycles. The van der Waals surface area contributed by atoms with Crippen molar-refractivity contribution in [2.75, 3.05) is 13.2 Å². The van der Waals surface area contributed by atoms with Crippen LogP contribution in [0.25, 0.3) is 0 Å². The Labute approximate surface area is 122 Å². The Morgan fingerprint density at radius 1 is 1.20 bits per heavy atom. The smallest absolute Gasteiger partial charge is 0.122 e. The zero-order chi connectivity index (χ0) is 14.0. The van der Waals surface area contributed by atoms with Crippen LogP contribution < -0.4 is 4.74 Å². The van der Waals surface area contributed by atoms with Gasteiger partial charge in [0.05, 0.1) is 6.61 Å². The van der Waals surface area contributed by atoms with E-state index in [4.69, 9.17) is 9.47 Å².